The molecule has 2 N–H and O–H groups in total. The number of hydrogen-bond donors (Lipinski definition) is 2. The maximum absolute atomic E-state index is 11.6. The van der Waals surface area contributed by atoms with Gasteiger partial charge in [0.25, 0.3) is 0 Å². The summed E-state index contributed by atoms with van der Waals surface area (Å²) >= 11 is 0. The SMILES string of the molecule is CN(C)CCNc1ccc(NC(=O)OC(C)(C)C)cc1. The van der Waals surface area contributed by atoms with Gasteiger partial charge in [0.15, 0.2) is 0 Å². The number of ether oxygens (including phenoxy) is 1. The van der Waals surface area contributed by atoms with Gasteiger partial charge in [-0.2, -0.15) is 0 Å². The predicted molar refractivity (Wildman–Crippen MR) is 83.3 cm³/mol. The molecule has 112 valence electrons. The molecule has 5 heteroatoms. The minimum Gasteiger partial charge on any atom is -0.444 e. The lowest BCUT2D eigenvalue weighted by Gasteiger charge is -2.19. The standard InChI is InChI=1S/C15H25N3O2/c1-15(2,3)20-14(19)17-13-8-6-12(7-9-13)16-10-11-18(4)5/h6-9,16H,10-11H2,1-5H3,(H,17,19). The van der Waals surface area contributed by atoms with Crippen LogP contribution in [-0.2, 0) is 4.74 Å². The maximum atomic E-state index is 11.6. The van der Waals surface area contributed by atoms with Crippen LogP contribution in [0, 0.1) is 0 Å². The van der Waals surface area contributed by atoms with Gasteiger partial charge in [-0.3, -0.25) is 5.32 Å². The smallest absolute Gasteiger partial charge is 0.412 e. The quantitative estimate of drug-likeness (QED) is 0.870. The van der Waals surface area contributed by atoms with E-state index in [1.165, 1.54) is 0 Å². The first-order chi connectivity index (χ1) is 9.26. The van der Waals surface area contributed by atoms with Gasteiger partial charge >= 0.3 is 6.09 Å². The molecule has 1 aromatic rings. The summed E-state index contributed by atoms with van der Waals surface area (Å²) in [5.41, 5.74) is 1.26. The summed E-state index contributed by atoms with van der Waals surface area (Å²) in [7, 11) is 4.07. The highest BCUT2D eigenvalue weighted by Crippen LogP contribution is 2.15. The van der Waals surface area contributed by atoms with Crippen molar-refractivity contribution in [3.8, 4) is 0 Å². The lowest BCUT2D eigenvalue weighted by molar-refractivity contribution is 0.0636. The van der Waals surface area contributed by atoms with Crippen LogP contribution in [0.4, 0.5) is 16.2 Å². The summed E-state index contributed by atoms with van der Waals surface area (Å²) in [5.74, 6) is 0. The van der Waals surface area contributed by atoms with Crippen molar-refractivity contribution < 1.29 is 9.53 Å². The van der Waals surface area contributed by atoms with Crippen LogP contribution >= 0.6 is 0 Å². The van der Waals surface area contributed by atoms with Crippen LogP contribution in [0.15, 0.2) is 24.3 Å². The lowest BCUT2D eigenvalue weighted by Crippen LogP contribution is -2.27. The first-order valence-electron chi connectivity index (χ1n) is 6.75. The Morgan fingerprint density at radius 2 is 1.70 bits per heavy atom. The van der Waals surface area contributed by atoms with E-state index in [0.29, 0.717) is 0 Å². The number of anilines is 2. The van der Waals surface area contributed by atoms with Gasteiger partial charge in [-0.25, -0.2) is 4.79 Å². The van der Waals surface area contributed by atoms with Crippen molar-refractivity contribution in [3.63, 3.8) is 0 Å². The number of nitrogens with one attached hydrogen (secondary N) is 2. The molecule has 0 saturated heterocycles. The molecule has 0 aromatic heterocycles. The number of carbonyl (C=O) groups is 1. The zero-order chi connectivity index (χ0) is 15.2. The number of hydrogen-bond acceptors (Lipinski definition) is 4. The molecule has 0 aliphatic carbocycles. The Morgan fingerprint density at radius 3 is 2.20 bits per heavy atom. The van der Waals surface area contributed by atoms with Gasteiger partial charge in [-0.1, -0.05) is 0 Å². The molecule has 0 spiro atoms. The van der Waals surface area contributed by atoms with Crippen molar-refractivity contribution in [2.24, 2.45) is 0 Å². The summed E-state index contributed by atoms with van der Waals surface area (Å²) in [6, 6.07) is 7.56. The van der Waals surface area contributed by atoms with Crippen molar-refractivity contribution in [2.75, 3.05) is 37.8 Å². The van der Waals surface area contributed by atoms with Crippen LogP contribution in [0.2, 0.25) is 0 Å². The van der Waals surface area contributed by atoms with Crippen molar-refractivity contribution >= 4 is 17.5 Å². The molecule has 1 rings (SSSR count). The molecule has 1 amide bonds. The molecule has 1 aromatic carbocycles. The number of rotatable bonds is 5. The third-order valence-corrected chi connectivity index (χ3v) is 2.42. The highest BCUT2D eigenvalue weighted by atomic mass is 16.6. The van der Waals surface area contributed by atoms with Gasteiger partial charge in [-0.05, 0) is 59.1 Å². The molecule has 0 fully saturated rings. The lowest BCUT2D eigenvalue weighted by atomic mass is 10.2. The highest BCUT2D eigenvalue weighted by Gasteiger charge is 2.15. The Hall–Kier alpha value is -1.75. The van der Waals surface area contributed by atoms with Crippen molar-refractivity contribution in [1.29, 1.82) is 0 Å². The molecule has 0 heterocycles. The van der Waals surface area contributed by atoms with Gasteiger partial charge in [-0.15, -0.1) is 0 Å². The van der Waals surface area contributed by atoms with E-state index in [-0.39, 0.29) is 0 Å². The zero-order valence-corrected chi connectivity index (χ0v) is 13.0. The molecular weight excluding hydrogens is 254 g/mol. The number of benzene rings is 1. The molecule has 0 saturated carbocycles. The summed E-state index contributed by atoms with van der Waals surface area (Å²) < 4.78 is 5.19. The molecular formula is C15H25N3O2. The fraction of sp³-hybridized carbons (Fsp3) is 0.533. The fourth-order valence-electron chi connectivity index (χ4n) is 1.52. The van der Waals surface area contributed by atoms with Crippen molar-refractivity contribution in [2.45, 2.75) is 26.4 Å². The molecule has 0 bridgehead atoms. The number of nitrogens with zero attached hydrogens (tertiary/aromatic N) is 1. The van der Waals surface area contributed by atoms with E-state index in [0.717, 1.165) is 24.5 Å². The summed E-state index contributed by atoms with van der Waals surface area (Å²) in [6.07, 6.45) is -0.439. The molecule has 0 aliphatic heterocycles. The van der Waals surface area contributed by atoms with Gasteiger partial charge in [0, 0.05) is 24.5 Å². The van der Waals surface area contributed by atoms with Crippen LogP contribution in [0.3, 0.4) is 0 Å². The first kappa shape index (κ1) is 16.3. The third kappa shape index (κ3) is 6.99. The monoisotopic (exact) mass is 279 g/mol. The maximum Gasteiger partial charge on any atom is 0.412 e. The van der Waals surface area contributed by atoms with Crippen molar-refractivity contribution in [1.82, 2.24) is 4.90 Å². The Kier molecular flexibility index (Phi) is 5.82. The van der Waals surface area contributed by atoms with Crippen LogP contribution in [0.25, 0.3) is 0 Å². The van der Waals surface area contributed by atoms with Crippen LogP contribution < -0.4 is 10.6 Å². The van der Waals surface area contributed by atoms with E-state index in [1.54, 1.807) is 0 Å². The topological polar surface area (TPSA) is 53.6 Å². The average Bonchev–Trinajstić information content (AvgIpc) is 2.28. The minimum atomic E-state index is -0.488. The molecule has 0 aliphatic rings. The zero-order valence-electron chi connectivity index (χ0n) is 13.0. The fourth-order valence-corrected chi connectivity index (χ4v) is 1.52. The Bertz CT molecular complexity index is 422. The van der Waals surface area contributed by atoms with Crippen LogP contribution in [0.1, 0.15) is 20.8 Å². The van der Waals surface area contributed by atoms with Crippen molar-refractivity contribution in [3.05, 3.63) is 24.3 Å². The van der Waals surface area contributed by atoms with Gasteiger partial charge in [0.1, 0.15) is 5.60 Å². The Balaban J connectivity index is 2.44. The highest BCUT2D eigenvalue weighted by molar-refractivity contribution is 5.85. The van der Waals surface area contributed by atoms with Crippen LogP contribution in [-0.4, -0.2) is 43.8 Å². The summed E-state index contributed by atoms with van der Waals surface area (Å²) in [6.45, 7) is 7.36. The van der Waals surface area contributed by atoms with E-state index in [2.05, 4.69) is 15.5 Å². The molecule has 20 heavy (non-hydrogen) atoms. The van der Waals surface area contributed by atoms with Crippen LogP contribution in [0.5, 0.6) is 0 Å². The second-order valence-corrected chi connectivity index (χ2v) is 5.93. The third-order valence-electron chi connectivity index (χ3n) is 2.42. The molecule has 0 unspecified atom stereocenters. The minimum absolute atomic E-state index is 0.439. The average molecular weight is 279 g/mol. The normalized spacial score (nSPS) is 11.3. The molecule has 5 nitrogen and oxygen atoms in total. The summed E-state index contributed by atoms with van der Waals surface area (Å²) in [5, 5.41) is 6.01. The second kappa shape index (κ2) is 7.14. The summed E-state index contributed by atoms with van der Waals surface area (Å²) in [4.78, 5) is 13.7. The molecule has 0 radical (unpaired) electrons. The van der Waals surface area contributed by atoms with E-state index < -0.39 is 11.7 Å². The second-order valence-electron chi connectivity index (χ2n) is 5.93. The largest absolute Gasteiger partial charge is 0.444 e. The van der Waals surface area contributed by atoms with Gasteiger partial charge in [0.2, 0.25) is 0 Å². The van der Waals surface area contributed by atoms with Gasteiger partial charge in [0.05, 0.1) is 0 Å². The Morgan fingerprint density at radius 1 is 1.15 bits per heavy atom. The molecule has 0 atom stereocenters. The predicted octanol–water partition coefficient (Wildman–Crippen LogP) is 3.01. The Labute approximate surface area is 121 Å². The van der Waals surface area contributed by atoms with E-state index in [1.807, 2.05) is 59.1 Å². The van der Waals surface area contributed by atoms with Gasteiger partial charge < -0.3 is 15.0 Å². The van der Waals surface area contributed by atoms with E-state index >= 15 is 0 Å². The number of amides is 1. The van der Waals surface area contributed by atoms with E-state index in [9.17, 15) is 4.79 Å². The van der Waals surface area contributed by atoms with E-state index in [4.69, 9.17) is 4.74 Å². The number of likely N-dealkylation sites (N-methyl/N-ethyl adjacent to an activating group) is 1. The first-order valence-corrected chi connectivity index (χ1v) is 6.75. The number of carbonyl (C=O) groups excluding carboxylic acids is 1.